The fourth-order valence-electron chi connectivity index (χ4n) is 2.01. The Hall–Kier alpha value is -0.420. The highest BCUT2D eigenvalue weighted by Crippen LogP contribution is 2.46. The SMILES string of the molecule is CSC1(CNC2CN(C(=O)OC(C)(C)C)C2)CC1. The van der Waals surface area contributed by atoms with Crippen LogP contribution in [0.2, 0.25) is 0 Å². The molecule has 0 bridgehead atoms. The minimum absolute atomic E-state index is 0.188. The first-order chi connectivity index (χ1) is 8.34. The van der Waals surface area contributed by atoms with Crippen LogP contribution in [-0.4, -0.2) is 53.3 Å². The quantitative estimate of drug-likeness (QED) is 0.851. The van der Waals surface area contributed by atoms with Gasteiger partial charge in [0.25, 0.3) is 0 Å². The van der Waals surface area contributed by atoms with Gasteiger partial charge in [-0.05, 0) is 39.9 Å². The van der Waals surface area contributed by atoms with Crippen LogP contribution in [0.15, 0.2) is 0 Å². The minimum Gasteiger partial charge on any atom is -0.444 e. The lowest BCUT2D eigenvalue weighted by Crippen LogP contribution is -2.61. The van der Waals surface area contributed by atoms with E-state index in [1.54, 1.807) is 4.90 Å². The number of carbonyl (C=O) groups excluding carboxylic acids is 1. The maximum Gasteiger partial charge on any atom is 0.410 e. The van der Waals surface area contributed by atoms with E-state index in [1.807, 2.05) is 32.5 Å². The molecule has 2 rings (SSSR count). The number of amides is 1. The van der Waals surface area contributed by atoms with Crippen LogP contribution in [0.3, 0.4) is 0 Å². The molecule has 1 saturated heterocycles. The molecule has 1 heterocycles. The molecule has 0 spiro atoms. The van der Waals surface area contributed by atoms with Crippen molar-refractivity contribution in [3.8, 4) is 0 Å². The molecular formula is C13H24N2O2S. The third-order valence-corrected chi connectivity index (χ3v) is 4.91. The first-order valence-electron chi connectivity index (χ1n) is 6.60. The van der Waals surface area contributed by atoms with E-state index < -0.39 is 5.60 Å². The standard InChI is InChI=1S/C13H24N2O2S/c1-12(2,3)17-11(16)15-7-10(8-15)14-9-13(18-4)5-6-13/h10,14H,5-9H2,1-4H3. The van der Waals surface area contributed by atoms with Crippen LogP contribution < -0.4 is 5.32 Å². The maximum atomic E-state index is 11.7. The van der Waals surface area contributed by atoms with E-state index in [0.717, 1.165) is 19.6 Å². The van der Waals surface area contributed by atoms with Crippen molar-refractivity contribution in [3.05, 3.63) is 0 Å². The summed E-state index contributed by atoms with van der Waals surface area (Å²) in [6.07, 6.45) is 4.64. The van der Waals surface area contributed by atoms with Gasteiger partial charge in [0.2, 0.25) is 0 Å². The number of hydrogen-bond acceptors (Lipinski definition) is 4. The normalized spacial score (nSPS) is 22.6. The Balaban J connectivity index is 1.63. The van der Waals surface area contributed by atoms with Gasteiger partial charge < -0.3 is 15.0 Å². The molecule has 1 aliphatic heterocycles. The molecule has 104 valence electrons. The zero-order valence-corrected chi connectivity index (χ0v) is 12.6. The predicted octanol–water partition coefficient (Wildman–Crippen LogP) is 2.09. The zero-order chi connectivity index (χ0) is 13.4. The highest BCUT2D eigenvalue weighted by atomic mass is 32.2. The number of carbonyl (C=O) groups is 1. The van der Waals surface area contributed by atoms with Crippen LogP contribution in [0.4, 0.5) is 4.79 Å². The summed E-state index contributed by atoms with van der Waals surface area (Å²) in [5, 5.41) is 3.55. The van der Waals surface area contributed by atoms with Crippen molar-refractivity contribution in [2.75, 3.05) is 25.9 Å². The molecule has 0 unspecified atom stereocenters. The summed E-state index contributed by atoms with van der Waals surface area (Å²) in [7, 11) is 0. The number of likely N-dealkylation sites (tertiary alicyclic amines) is 1. The average molecular weight is 272 g/mol. The highest BCUT2D eigenvalue weighted by molar-refractivity contribution is 8.00. The summed E-state index contributed by atoms with van der Waals surface area (Å²) in [6, 6.07) is 0.446. The summed E-state index contributed by atoms with van der Waals surface area (Å²) >= 11 is 1.96. The van der Waals surface area contributed by atoms with Crippen LogP contribution in [0.1, 0.15) is 33.6 Å². The van der Waals surface area contributed by atoms with Gasteiger partial charge in [-0.1, -0.05) is 0 Å². The Labute approximate surface area is 114 Å². The summed E-state index contributed by atoms with van der Waals surface area (Å²) in [4.78, 5) is 13.5. The van der Waals surface area contributed by atoms with E-state index in [2.05, 4.69) is 11.6 Å². The van der Waals surface area contributed by atoms with Crippen LogP contribution >= 0.6 is 11.8 Å². The van der Waals surface area contributed by atoms with E-state index in [0.29, 0.717) is 10.8 Å². The third kappa shape index (κ3) is 3.54. The van der Waals surface area contributed by atoms with E-state index >= 15 is 0 Å². The van der Waals surface area contributed by atoms with E-state index in [9.17, 15) is 4.79 Å². The Morgan fingerprint density at radius 3 is 2.50 bits per heavy atom. The van der Waals surface area contributed by atoms with Gasteiger partial charge in [-0.25, -0.2) is 4.79 Å². The molecule has 1 N–H and O–H groups in total. The highest BCUT2D eigenvalue weighted by Gasteiger charge is 2.43. The van der Waals surface area contributed by atoms with E-state index in [4.69, 9.17) is 4.74 Å². The van der Waals surface area contributed by atoms with Gasteiger partial charge in [0, 0.05) is 30.4 Å². The second kappa shape index (κ2) is 4.93. The van der Waals surface area contributed by atoms with Crippen molar-refractivity contribution in [2.24, 2.45) is 0 Å². The lowest BCUT2D eigenvalue weighted by molar-refractivity contribution is 0.00538. The van der Waals surface area contributed by atoms with Crippen LogP contribution in [0.25, 0.3) is 0 Å². The molecule has 0 aromatic heterocycles. The van der Waals surface area contributed by atoms with Crippen molar-refractivity contribution in [1.29, 1.82) is 0 Å². The van der Waals surface area contributed by atoms with Gasteiger partial charge in [-0.3, -0.25) is 0 Å². The lowest BCUT2D eigenvalue weighted by atomic mass is 10.1. The summed E-state index contributed by atoms with van der Waals surface area (Å²) in [5.74, 6) is 0. The monoisotopic (exact) mass is 272 g/mol. The second-order valence-corrected chi connectivity index (χ2v) is 7.62. The van der Waals surface area contributed by atoms with Crippen LogP contribution in [0, 0.1) is 0 Å². The molecule has 0 radical (unpaired) electrons. The first-order valence-corrected chi connectivity index (χ1v) is 7.82. The summed E-state index contributed by atoms with van der Waals surface area (Å²) in [5.41, 5.74) is -0.396. The van der Waals surface area contributed by atoms with Gasteiger partial charge in [0.15, 0.2) is 0 Å². The number of rotatable bonds is 4. The molecular weight excluding hydrogens is 248 g/mol. The molecule has 0 aromatic carbocycles. The van der Waals surface area contributed by atoms with Crippen LogP contribution in [0.5, 0.6) is 0 Å². The summed E-state index contributed by atoms with van der Waals surface area (Å²) < 4.78 is 5.82. The smallest absolute Gasteiger partial charge is 0.410 e. The van der Waals surface area contributed by atoms with Gasteiger partial charge in [-0.2, -0.15) is 11.8 Å². The number of hydrogen-bond donors (Lipinski definition) is 1. The molecule has 0 atom stereocenters. The van der Waals surface area contributed by atoms with Gasteiger partial charge in [0.1, 0.15) is 5.60 Å². The molecule has 5 heteroatoms. The van der Waals surface area contributed by atoms with Gasteiger partial charge in [-0.15, -0.1) is 0 Å². The Kier molecular flexibility index (Phi) is 3.83. The molecule has 1 aliphatic carbocycles. The van der Waals surface area contributed by atoms with Crippen molar-refractivity contribution in [3.63, 3.8) is 0 Å². The largest absolute Gasteiger partial charge is 0.444 e. The number of nitrogens with one attached hydrogen (secondary N) is 1. The van der Waals surface area contributed by atoms with Gasteiger partial charge >= 0.3 is 6.09 Å². The topological polar surface area (TPSA) is 41.6 Å². The number of ether oxygens (including phenoxy) is 1. The predicted molar refractivity (Wildman–Crippen MR) is 75.1 cm³/mol. The Morgan fingerprint density at radius 2 is 2.06 bits per heavy atom. The molecule has 2 aliphatic rings. The van der Waals surface area contributed by atoms with Crippen LogP contribution in [-0.2, 0) is 4.74 Å². The van der Waals surface area contributed by atoms with Crippen molar-refractivity contribution < 1.29 is 9.53 Å². The fraction of sp³-hybridized carbons (Fsp3) is 0.923. The Bertz CT molecular complexity index is 317. The average Bonchev–Trinajstić information content (AvgIpc) is 2.93. The molecule has 1 saturated carbocycles. The van der Waals surface area contributed by atoms with Gasteiger partial charge in [0.05, 0.1) is 0 Å². The van der Waals surface area contributed by atoms with E-state index in [1.165, 1.54) is 12.8 Å². The van der Waals surface area contributed by atoms with Crippen molar-refractivity contribution in [1.82, 2.24) is 10.2 Å². The van der Waals surface area contributed by atoms with Crippen molar-refractivity contribution in [2.45, 2.75) is 50.0 Å². The molecule has 4 nitrogen and oxygen atoms in total. The van der Waals surface area contributed by atoms with E-state index in [-0.39, 0.29) is 6.09 Å². The second-order valence-electron chi connectivity index (χ2n) is 6.35. The first kappa shape index (κ1) is 14.0. The molecule has 0 aromatic rings. The molecule has 2 fully saturated rings. The lowest BCUT2D eigenvalue weighted by Gasteiger charge is -2.40. The third-order valence-electron chi connectivity index (χ3n) is 3.49. The molecule has 1 amide bonds. The number of nitrogens with zero attached hydrogens (tertiary/aromatic N) is 1. The number of thioether (sulfide) groups is 1. The zero-order valence-electron chi connectivity index (χ0n) is 11.8. The van der Waals surface area contributed by atoms with Crippen molar-refractivity contribution >= 4 is 17.9 Å². The minimum atomic E-state index is -0.396. The summed E-state index contributed by atoms with van der Waals surface area (Å²) in [6.45, 7) is 8.32. The fourth-order valence-corrected chi connectivity index (χ4v) is 2.74. The maximum absolute atomic E-state index is 11.7. The molecule has 18 heavy (non-hydrogen) atoms. The Morgan fingerprint density at radius 1 is 1.44 bits per heavy atom.